The molecule has 1 aromatic heterocycles. The Labute approximate surface area is 170 Å². The van der Waals surface area contributed by atoms with Crippen molar-refractivity contribution in [2.24, 2.45) is 0 Å². The number of carbonyl (C=O) groups is 2. The maximum absolute atomic E-state index is 13.3. The minimum Gasteiger partial charge on any atom is -0.294 e. The predicted molar refractivity (Wildman–Crippen MR) is 108 cm³/mol. The molecular formula is C20H18FN3O2S2. The predicted octanol–water partition coefficient (Wildman–Crippen LogP) is 4.48. The van der Waals surface area contributed by atoms with Crippen LogP contribution in [-0.4, -0.2) is 27.6 Å². The molecule has 8 heteroatoms. The summed E-state index contributed by atoms with van der Waals surface area (Å²) in [5.74, 6) is -0.0235. The molecule has 0 saturated carbocycles. The molecule has 5 nitrogen and oxygen atoms in total. The Bertz CT molecular complexity index is 968. The van der Waals surface area contributed by atoms with Crippen LogP contribution in [0.25, 0.3) is 0 Å². The fourth-order valence-corrected chi connectivity index (χ4v) is 5.32. The van der Waals surface area contributed by atoms with Crippen LogP contribution in [0.2, 0.25) is 0 Å². The molecule has 0 saturated heterocycles. The molecule has 1 atom stereocenters. The van der Waals surface area contributed by atoms with Gasteiger partial charge in [-0.15, -0.1) is 16.8 Å². The van der Waals surface area contributed by atoms with Crippen molar-refractivity contribution in [3.8, 4) is 0 Å². The molecule has 144 valence electrons. The molecule has 1 amide bonds. The van der Waals surface area contributed by atoms with Crippen molar-refractivity contribution in [3.05, 3.63) is 59.6 Å². The van der Waals surface area contributed by atoms with Crippen LogP contribution in [0.15, 0.2) is 52.5 Å². The van der Waals surface area contributed by atoms with Crippen molar-refractivity contribution in [1.82, 2.24) is 10.2 Å². The van der Waals surface area contributed by atoms with Crippen LogP contribution in [0, 0.1) is 5.82 Å². The lowest BCUT2D eigenvalue weighted by atomic mass is 9.77. The molecule has 1 aliphatic heterocycles. The van der Waals surface area contributed by atoms with Crippen molar-refractivity contribution in [2.75, 3.05) is 10.7 Å². The van der Waals surface area contributed by atoms with Gasteiger partial charge in [-0.2, -0.15) is 0 Å². The fourth-order valence-electron chi connectivity index (χ4n) is 3.68. The van der Waals surface area contributed by atoms with E-state index < -0.39 is 0 Å². The summed E-state index contributed by atoms with van der Waals surface area (Å²) in [5, 5.41) is 8.84. The number of nitrogens with zero attached hydrogens (tertiary/aromatic N) is 3. The smallest absolute Gasteiger partial charge is 0.234 e. The molecule has 0 unspecified atom stereocenters. The zero-order valence-corrected chi connectivity index (χ0v) is 16.7. The Morgan fingerprint density at radius 2 is 2.04 bits per heavy atom. The Morgan fingerprint density at radius 3 is 2.79 bits per heavy atom. The third-order valence-electron chi connectivity index (χ3n) is 4.86. The summed E-state index contributed by atoms with van der Waals surface area (Å²) in [6.45, 7) is 3.69. The van der Waals surface area contributed by atoms with Crippen molar-refractivity contribution < 1.29 is 14.0 Å². The first kappa shape index (κ1) is 19.0. The van der Waals surface area contributed by atoms with Crippen molar-refractivity contribution in [1.29, 1.82) is 0 Å². The highest BCUT2D eigenvalue weighted by atomic mass is 32.2. The van der Waals surface area contributed by atoms with Crippen molar-refractivity contribution in [3.63, 3.8) is 0 Å². The van der Waals surface area contributed by atoms with Crippen molar-refractivity contribution in [2.45, 2.75) is 35.9 Å². The molecule has 28 heavy (non-hydrogen) atoms. The number of aromatic nitrogens is 2. The van der Waals surface area contributed by atoms with Crippen molar-refractivity contribution >= 4 is 39.9 Å². The van der Waals surface area contributed by atoms with E-state index in [2.05, 4.69) is 16.8 Å². The van der Waals surface area contributed by atoms with Crippen LogP contribution < -0.4 is 4.90 Å². The van der Waals surface area contributed by atoms with Gasteiger partial charge < -0.3 is 0 Å². The monoisotopic (exact) mass is 415 g/mol. The van der Waals surface area contributed by atoms with E-state index in [-0.39, 0.29) is 29.8 Å². The summed E-state index contributed by atoms with van der Waals surface area (Å²) in [4.78, 5) is 27.4. The van der Waals surface area contributed by atoms with Crippen LogP contribution >= 0.6 is 23.1 Å². The number of halogens is 1. The summed E-state index contributed by atoms with van der Waals surface area (Å²) in [5.41, 5.74) is 2.17. The average molecular weight is 416 g/mol. The largest absolute Gasteiger partial charge is 0.294 e. The molecule has 4 rings (SSSR count). The number of thioether (sulfide) groups is 1. The number of rotatable bonds is 5. The Morgan fingerprint density at radius 1 is 1.25 bits per heavy atom. The number of Topliss-reactive ketones (excluding diaryl/α,β-unsaturated/α-hetero) is 1. The van der Waals surface area contributed by atoms with Gasteiger partial charge in [0.25, 0.3) is 0 Å². The van der Waals surface area contributed by atoms with E-state index in [0.717, 1.165) is 15.6 Å². The van der Waals surface area contributed by atoms with E-state index in [1.54, 1.807) is 23.1 Å². The molecule has 0 fully saturated rings. The van der Waals surface area contributed by atoms with E-state index in [1.165, 1.54) is 35.2 Å². The molecular weight excluding hydrogens is 397 g/mol. The van der Waals surface area contributed by atoms with Crippen LogP contribution in [0.3, 0.4) is 0 Å². The Balaban J connectivity index is 1.75. The lowest BCUT2D eigenvalue weighted by Crippen LogP contribution is -2.40. The van der Waals surface area contributed by atoms with Gasteiger partial charge in [0.15, 0.2) is 10.1 Å². The second kappa shape index (κ2) is 7.97. The lowest BCUT2D eigenvalue weighted by Gasteiger charge is -2.36. The summed E-state index contributed by atoms with van der Waals surface area (Å²) < 4.78 is 14.1. The van der Waals surface area contributed by atoms with Gasteiger partial charge in [0.1, 0.15) is 5.82 Å². The lowest BCUT2D eigenvalue weighted by molar-refractivity contribution is -0.119. The number of ketones is 1. The van der Waals surface area contributed by atoms with E-state index in [0.29, 0.717) is 35.7 Å². The molecule has 2 aromatic rings. The highest BCUT2D eigenvalue weighted by Gasteiger charge is 2.40. The number of amides is 1. The molecule has 2 aliphatic rings. The molecule has 1 aromatic carbocycles. The van der Waals surface area contributed by atoms with Gasteiger partial charge in [-0.25, -0.2) is 4.39 Å². The molecule has 0 N–H and O–H groups in total. The van der Waals surface area contributed by atoms with Gasteiger partial charge >= 0.3 is 0 Å². The van der Waals surface area contributed by atoms with E-state index >= 15 is 0 Å². The Hall–Kier alpha value is -2.32. The number of allylic oxidation sites excluding steroid dienone is 2. The number of benzene rings is 1. The average Bonchev–Trinajstić information content (AvgIpc) is 3.15. The molecule has 1 aliphatic carbocycles. The zero-order chi connectivity index (χ0) is 19.7. The summed E-state index contributed by atoms with van der Waals surface area (Å²) in [6.07, 6.45) is 3.75. The van der Waals surface area contributed by atoms with Crippen LogP contribution in [0.1, 0.15) is 37.2 Å². The normalized spacial score (nSPS) is 19.8. The topological polar surface area (TPSA) is 63.2 Å². The summed E-state index contributed by atoms with van der Waals surface area (Å²) >= 11 is 2.85. The number of hydrogen-bond donors (Lipinski definition) is 0. The molecule has 0 radical (unpaired) electrons. The van der Waals surface area contributed by atoms with Crippen LogP contribution in [-0.2, 0) is 9.59 Å². The highest BCUT2D eigenvalue weighted by Crippen LogP contribution is 2.44. The van der Waals surface area contributed by atoms with Gasteiger partial charge in [-0.1, -0.05) is 41.3 Å². The summed E-state index contributed by atoms with van der Waals surface area (Å²) in [7, 11) is 0. The van der Waals surface area contributed by atoms with E-state index in [9.17, 15) is 14.0 Å². The SMILES string of the molecule is C=CCSc1nnc(N2C(=O)C[C@H](c3ccc(F)cc3)C3=C2CCCC3=O)s1. The minimum atomic E-state index is -0.338. The van der Waals surface area contributed by atoms with Gasteiger partial charge in [-0.3, -0.25) is 14.5 Å². The quantitative estimate of drug-likeness (QED) is 0.409. The third kappa shape index (κ3) is 3.54. The number of anilines is 1. The van der Waals surface area contributed by atoms with Gasteiger partial charge in [0, 0.05) is 35.8 Å². The molecule has 0 bridgehead atoms. The van der Waals surface area contributed by atoms with E-state index in [4.69, 9.17) is 0 Å². The molecule has 2 heterocycles. The van der Waals surface area contributed by atoms with Gasteiger partial charge in [-0.05, 0) is 30.5 Å². The summed E-state index contributed by atoms with van der Waals surface area (Å²) in [6, 6.07) is 6.05. The second-order valence-corrected chi connectivity index (χ2v) is 8.85. The van der Waals surface area contributed by atoms with Gasteiger partial charge in [0.2, 0.25) is 11.0 Å². The fraction of sp³-hybridized carbons (Fsp3) is 0.300. The molecule has 0 spiro atoms. The van der Waals surface area contributed by atoms with Gasteiger partial charge in [0.05, 0.1) is 0 Å². The first-order valence-electron chi connectivity index (χ1n) is 9.00. The first-order chi connectivity index (χ1) is 13.6. The minimum absolute atomic E-state index is 0.0545. The van der Waals surface area contributed by atoms with Crippen LogP contribution in [0.4, 0.5) is 9.52 Å². The Kier molecular flexibility index (Phi) is 5.41. The maximum atomic E-state index is 13.3. The number of hydrogen-bond acceptors (Lipinski definition) is 6. The standard InChI is InChI=1S/C20H18FN3O2S2/c1-2-10-27-20-23-22-19(28-20)24-15-4-3-5-16(25)18(15)14(11-17(24)26)12-6-8-13(21)9-7-12/h2,6-9,14H,1,3-5,10-11H2/t14-/m1/s1. The maximum Gasteiger partial charge on any atom is 0.234 e. The third-order valence-corrected chi connectivity index (χ3v) is 6.90. The zero-order valence-electron chi connectivity index (χ0n) is 15.1. The highest BCUT2D eigenvalue weighted by molar-refractivity contribution is 8.01. The first-order valence-corrected chi connectivity index (χ1v) is 10.8. The van der Waals surface area contributed by atoms with Crippen LogP contribution in [0.5, 0.6) is 0 Å². The van der Waals surface area contributed by atoms with E-state index in [1.807, 2.05) is 0 Å². The second-order valence-electron chi connectivity index (χ2n) is 6.62. The number of carbonyl (C=O) groups excluding carboxylic acids is 2.